The number of rotatable bonds is 1. The summed E-state index contributed by atoms with van der Waals surface area (Å²) in [7, 11) is 0. The highest BCUT2D eigenvalue weighted by atomic mass is 32.2. The number of aromatic nitrogens is 2. The van der Waals surface area contributed by atoms with Gasteiger partial charge in [0.2, 0.25) is 0 Å². The van der Waals surface area contributed by atoms with Gasteiger partial charge in [-0.3, -0.25) is 0 Å². The van der Waals surface area contributed by atoms with Gasteiger partial charge in [0, 0.05) is 23.4 Å². The van der Waals surface area contributed by atoms with Crippen molar-refractivity contribution in [3.05, 3.63) is 16.8 Å². The van der Waals surface area contributed by atoms with Crippen molar-refractivity contribution >= 4 is 49.9 Å². The third kappa shape index (κ3) is 2.65. The smallest absolute Gasteiger partial charge is 0.142 e. The molecule has 3 heterocycles. The van der Waals surface area contributed by atoms with Gasteiger partial charge in [-0.25, -0.2) is 9.97 Å². The maximum absolute atomic E-state index is 5.64. The normalized spacial score (nSPS) is 21.3. The molecule has 1 saturated heterocycles. The maximum atomic E-state index is 5.64. The van der Waals surface area contributed by atoms with E-state index >= 15 is 0 Å². The standard InChI is InChI=1S/C16H19N3S3/c1-10-4-5-11-12(8-10)21-14-13(11)15(18-9-17-14)22-16(20)19-6-2-3-7-19/h9-10H,2-8H2,1H3/t10-/m1/s1. The van der Waals surface area contributed by atoms with Crippen molar-refractivity contribution in [1.82, 2.24) is 14.9 Å². The molecule has 0 bridgehead atoms. The summed E-state index contributed by atoms with van der Waals surface area (Å²) in [6.07, 6.45) is 7.83. The zero-order valence-corrected chi connectivity index (χ0v) is 15.1. The zero-order chi connectivity index (χ0) is 15.1. The molecule has 22 heavy (non-hydrogen) atoms. The molecule has 116 valence electrons. The number of thiophene rings is 1. The van der Waals surface area contributed by atoms with E-state index < -0.39 is 0 Å². The van der Waals surface area contributed by atoms with Gasteiger partial charge in [-0.15, -0.1) is 11.3 Å². The fourth-order valence-electron chi connectivity index (χ4n) is 3.37. The third-order valence-electron chi connectivity index (χ3n) is 4.61. The molecule has 0 radical (unpaired) electrons. The molecule has 3 nitrogen and oxygen atoms in total. The molecule has 0 aromatic carbocycles. The first-order valence-corrected chi connectivity index (χ1v) is 9.98. The zero-order valence-electron chi connectivity index (χ0n) is 12.7. The minimum atomic E-state index is 0.787. The van der Waals surface area contributed by atoms with Gasteiger partial charge < -0.3 is 4.90 Å². The summed E-state index contributed by atoms with van der Waals surface area (Å²) >= 11 is 9.16. The van der Waals surface area contributed by atoms with Crippen LogP contribution >= 0.6 is 35.3 Å². The van der Waals surface area contributed by atoms with E-state index in [9.17, 15) is 0 Å². The lowest BCUT2D eigenvalue weighted by atomic mass is 9.89. The Labute approximate surface area is 144 Å². The van der Waals surface area contributed by atoms with Gasteiger partial charge in [0.15, 0.2) is 0 Å². The van der Waals surface area contributed by atoms with Crippen LogP contribution in [0.5, 0.6) is 0 Å². The highest BCUT2D eigenvalue weighted by Crippen LogP contribution is 2.41. The molecule has 0 unspecified atom stereocenters. The second-order valence-corrected chi connectivity index (χ2v) is 8.98. The van der Waals surface area contributed by atoms with Crippen LogP contribution in [0.3, 0.4) is 0 Å². The molecular formula is C16H19N3S3. The summed E-state index contributed by atoms with van der Waals surface area (Å²) in [5.74, 6) is 0.787. The molecule has 2 aliphatic rings. The van der Waals surface area contributed by atoms with Crippen molar-refractivity contribution in [3.8, 4) is 0 Å². The van der Waals surface area contributed by atoms with Crippen molar-refractivity contribution in [3.63, 3.8) is 0 Å². The van der Waals surface area contributed by atoms with Crippen molar-refractivity contribution in [2.45, 2.75) is 44.1 Å². The molecule has 2 aromatic rings. The quantitative estimate of drug-likeness (QED) is 0.435. The van der Waals surface area contributed by atoms with Gasteiger partial charge in [-0.1, -0.05) is 19.1 Å². The third-order valence-corrected chi connectivity index (χ3v) is 7.21. The van der Waals surface area contributed by atoms with Gasteiger partial charge in [0.1, 0.15) is 20.5 Å². The Balaban J connectivity index is 1.70. The molecule has 0 spiro atoms. The van der Waals surface area contributed by atoms with Crippen molar-refractivity contribution < 1.29 is 0 Å². The number of nitrogens with zero attached hydrogens (tertiary/aromatic N) is 3. The van der Waals surface area contributed by atoms with Crippen molar-refractivity contribution in [1.29, 1.82) is 0 Å². The Morgan fingerprint density at radius 2 is 2.18 bits per heavy atom. The van der Waals surface area contributed by atoms with Crippen LogP contribution in [-0.4, -0.2) is 32.3 Å². The second-order valence-electron chi connectivity index (χ2n) is 6.27. The molecule has 0 amide bonds. The van der Waals surface area contributed by atoms with E-state index in [0.717, 1.165) is 39.6 Å². The predicted molar refractivity (Wildman–Crippen MR) is 97.9 cm³/mol. The Morgan fingerprint density at radius 1 is 1.36 bits per heavy atom. The second kappa shape index (κ2) is 6.06. The van der Waals surface area contributed by atoms with E-state index in [1.54, 1.807) is 18.1 Å². The lowest BCUT2D eigenvalue weighted by Crippen LogP contribution is -2.23. The summed E-state index contributed by atoms with van der Waals surface area (Å²) in [5.41, 5.74) is 1.49. The minimum absolute atomic E-state index is 0.787. The van der Waals surface area contributed by atoms with E-state index in [-0.39, 0.29) is 0 Å². The van der Waals surface area contributed by atoms with Crippen LogP contribution in [0.2, 0.25) is 0 Å². The molecule has 4 rings (SSSR count). The monoisotopic (exact) mass is 349 g/mol. The molecule has 2 aromatic heterocycles. The van der Waals surface area contributed by atoms with Crippen molar-refractivity contribution in [2.75, 3.05) is 13.1 Å². The van der Waals surface area contributed by atoms with Gasteiger partial charge in [0.05, 0.1) is 0 Å². The molecule has 1 aliphatic carbocycles. The fraction of sp³-hybridized carbons (Fsp3) is 0.562. The first-order valence-electron chi connectivity index (χ1n) is 7.94. The number of hydrogen-bond donors (Lipinski definition) is 0. The average molecular weight is 350 g/mol. The van der Waals surface area contributed by atoms with E-state index in [2.05, 4.69) is 21.8 Å². The number of likely N-dealkylation sites (tertiary alicyclic amines) is 1. The first-order chi connectivity index (χ1) is 10.7. The van der Waals surface area contributed by atoms with Gasteiger partial charge in [-0.2, -0.15) is 0 Å². The van der Waals surface area contributed by atoms with E-state index in [1.807, 2.05) is 11.3 Å². The molecular weight excluding hydrogens is 330 g/mol. The number of thioether (sulfide) groups is 1. The fourth-order valence-corrected chi connectivity index (χ4v) is 6.10. The number of thiocarbonyl (C=S) groups is 1. The van der Waals surface area contributed by atoms with E-state index in [4.69, 9.17) is 12.2 Å². The highest BCUT2D eigenvalue weighted by molar-refractivity contribution is 8.23. The minimum Gasteiger partial charge on any atom is -0.357 e. The number of aryl methyl sites for hydroxylation is 1. The SMILES string of the molecule is C[C@@H]1CCc2c(sc3ncnc(SC(=S)N4CCCC4)c23)C1. The summed E-state index contributed by atoms with van der Waals surface area (Å²) in [6.45, 7) is 4.54. The molecule has 1 atom stereocenters. The lowest BCUT2D eigenvalue weighted by Gasteiger charge is -2.19. The maximum Gasteiger partial charge on any atom is 0.142 e. The summed E-state index contributed by atoms with van der Waals surface area (Å²) in [6, 6.07) is 0. The Hall–Kier alpha value is -0.720. The van der Waals surface area contributed by atoms with Gasteiger partial charge >= 0.3 is 0 Å². The topological polar surface area (TPSA) is 29.0 Å². The first kappa shape index (κ1) is 14.8. The molecule has 1 aliphatic heterocycles. The molecule has 1 fully saturated rings. The average Bonchev–Trinajstić information content (AvgIpc) is 3.14. The Kier molecular flexibility index (Phi) is 4.09. The van der Waals surface area contributed by atoms with Crippen LogP contribution in [0.1, 0.15) is 36.6 Å². The summed E-state index contributed by atoms with van der Waals surface area (Å²) in [4.78, 5) is 14.0. The van der Waals surface area contributed by atoms with Crippen molar-refractivity contribution in [2.24, 2.45) is 5.92 Å². The largest absolute Gasteiger partial charge is 0.357 e. The van der Waals surface area contributed by atoms with Crippen LogP contribution in [0.15, 0.2) is 11.4 Å². The van der Waals surface area contributed by atoms with E-state index in [1.165, 1.54) is 41.5 Å². The number of hydrogen-bond acceptors (Lipinski definition) is 5. The van der Waals surface area contributed by atoms with E-state index in [0.29, 0.717) is 0 Å². The number of fused-ring (bicyclic) bond motifs is 3. The van der Waals surface area contributed by atoms with Crippen LogP contribution in [0.25, 0.3) is 10.2 Å². The Bertz CT molecular complexity index is 719. The van der Waals surface area contributed by atoms with Crippen LogP contribution in [-0.2, 0) is 12.8 Å². The van der Waals surface area contributed by atoms with Gasteiger partial charge in [0.25, 0.3) is 0 Å². The molecule has 0 N–H and O–H groups in total. The van der Waals surface area contributed by atoms with Crippen LogP contribution in [0.4, 0.5) is 0 Å². The Morgan fingerprint density at radius 3 is 3.00 bits per heavy atom. The highest BCUT2D eigenvalue weighted by Gasteiger charge is 2.24. The van der Waals surface area contributed by atoms with Crippen LogP contribution in [0, 0.1) is 5.92 Å². The summed E-state index contributed by atoms with van der Waals surface area (Å²) in [5, 5.41) is 2.34. The summed E-state index contributed by atoms with van der Waals surface area (Å²) < 4.78 is 0.974. The van der Waals surface area contributed by atoms with Gasteiger partial charge in [-0.05, 0) is 55.3 Å². The lowest BCUT2D eigenvalue weighted by molar-refractivity contribution is 0.509. The molecule has 0 saturated carbocycles. The predicted octanol–water partition coefficient (Wildman–Crippen LogP) is 4.29. The van der Waals surface area contributed by atoms with Crippen LogP contribution < -0.4 is 0 Å². The molecule has 6 heteroatoms.